The number of hydrogen-bond donors (Lipinski definition) is 0. The molecule has 138 valence electrons. The van der Waals surface area contributed by atoms with Crippen LogP contribution in [0, 0.1) is 17.3 Å². The molecule has 0 heterocycles. The van der Waals surface area contributed by atoms with Gasteiger partial charge in [-0.2, -0.15) is 0 Å². The lowest BCUT2D eigenvalue weighted by Gasteiger charge is -2.22. The van der Waals surface area contributed by atoms with Gasteiger partial charge in [0.15, 0.2) is 0 Å². The normalized spacial score (nSPS) is 25.4. The van der Waals surface area contributed by atoms with E-state index in [2.05, 4.69) is 13.8 Å². The maximum Gasteiger partial charge on any atom is 0.310 e. The maximum atomic E-state index is 12.5. The van der Waals surface area contributed by atoms with Crippen molar-refractivity contribution < 1.29 is 19.0 Å². The van der Waals surface area contributed by atoms with Crippen molar-refractivity contribution in [1.29, 1.82) is 0 Å². The summed E-state index contributed by atoms with van der Waals surface area (Å²) in [6, 6.07) is 7.88. The molecule has 4 heteroatoms. The Morgan fingerprint density at radius 2 is 1.80 bits per heavy atom. The smallest absolute Gasteiger partial charge is 0.310 e. The molecule has 4 nitrogen and oxygen atoms in total. The molecule has 0 radical (unpaired) electrons. The second-order valence-corrected chi connectivity index (χ2v) is 7.97. The molecule has 2 aliphatic rings. The molecule has 2 unspecified atom stereocenters. The zero-order valence-corrected chi connectivity index (χ0v) is 15.6. The van der Waals surface area contributed by atoms with E-state index >= 15 is 0 Å². The van der Waals surface area contributed by atoms with Crippen LogP contribution in [0.3, 0.4) is 0 Å². The molecule has 0 spiro atoms. The summed E-state index contributed by atoms with van der Waals surface area (Å²) in [5, 5.41) is 0. The zero-order chi connectivity index (χ0) is 17.9. The van der Waals surface area contributed by atoms with Crippen molar-refractivity contribution in [3.63, 3.8) is 0 Å². The molecule has 0 aliphatic heterocycles. The molecule has 0 saturated heterocycles. The largest absolute Gasteiger partial charge is 0.497 e. The molecule has 0 amide bonds. The van der Waals surface area contributed by atoms with Gasteiger partial charge in [-0.25, -0.2) is 0 Å². The highest BCUT2D eigenvalue weighted by Gasteiger charge is 2.62. The van der Waals surface area contributed by atoms with Crippen LogP contribution in [-0.4, -0.2) is 25.8 Å². The quantitative estimate of drug-likeness (QED) is 0.688. The molecule has 2 atom stereocenters. The molecule has 0 N–H and O–H groups in total. The lowest BCUT2D eigenvalue weighted by molar-refractivity contribution is -0.153. The van der Waals surface area contributed by atoms with Crippen LogP contribution in [0.1, 0.15) is 51.5 Å². The van der Waals surface area contributed by atoms with Gasteiger partial charge in [0.2, 0.25) is 0 Å². The topological polar surface area (TPSA) is 44.8 Å². The third-order valence-corrected chi connectivity index (χ3v) is 5.86. The van der Waals surface area contributed by atoms with Gasteiger partial charge in [0.1, 0.15) is 11.9 Å². The van der Waals surface area contributed by atoms with Crippen LogP contribution < -0.4 is 4.74 Å². The Kier molecular flexibility index (Phi) is 5.67. The van der Waals surface area contributed by atoms with Crippen LogP contribution in [-0.2, 0) is 20.9 Å². The van der Waals surface area contributed by atoms with Crippen LogP contribution in [0.25, 0.3) is 0 Å². The summed E-state index contributed by atoms with van der Waals surface area (Å²) in [6.45, 7) is 5.44. The molecule has 0 aromatic heterocycles. The first-order valence-corrected chi connectivity index (χ1v) is 9.43. The zero-order valence-electron chi connectivity index (χ0n) is 15.6. The summed E-state index contributed by atoms with van der Waals surface area (Å²) in [4.78, 5) is 12.5. The highest BCUT2D eigenvalue weighted by Crippen LogP contribution is 2.59. The molecule has 2 fully saturated rings. The van der Waals surface area contributed by atoms with Crippen molar-refractivity contribution in [2.45, 2.75) is 58.7 Å². The maximum absolute atomic E-state index is 12.5. The lowest BCUT2D eigenvalue weighted by atomic mass is 9.98. The fraction of sp³-hybridized carbons (Fsp3) is 0.667. The van der Waals surface area contributed by atoms with E-state index in [0.29, 0.717) is 13.2 Å². The van der Waals surface area contributed by atoms with Crippen molar-refractivity contribution in [2.75, 3.05) is 13.7 Å². The van der Waals surface area contributed by atoms with E-state index in [-0.39, 0.29) is 29.3 Å². The standard InChI is InChI=1S/C21H30O4/c1-21(2)18(14-24-13-15-9-11-16(23-3)12-10-15)19(21)20(22)25-17-7-5-4-6-8-17/h9-12,17-19H,4-8,13-14H2,1-3H3. The summed E-state index contributed by atoms with van der Waals surface area (Å²) in [5.41, 5.74) is 1.09. The highest BCUT2D eigenvalue weighted by atomic mass is 16.5. The van der Waals surface area contributed by atoms with E-state index in [4.69, 9.17) is 14.2 Å². The first-order chi connectivity index (χ1) is 12.0. The summed E-state index contributed by atoms with van der Waals surface area (Å²) < 4.78 is 16.8. The van der Waals surface area contributed by atoms with Crippen LogP contribution >= 0.6 is 0 Å². The minimum atomic E-state index is -0.0229. The molecular weight excluding hydrogens is 316 g/mol. The van der Waals surface area contributed by atoms with Gasteiger partial charge in [0.05, 0.1) is 26.2 Å². The predicted molar refractivity (Wildman–Crippen MR) is 96.4 cm³/mol. The van der Waals surface area contributed by atoms with Crippen LogP contribution in [0.15, 0.2) is 24.3 Å². The van der Waals surface area contributed by atoms with E-state index in [0.717, 1.165) is 24.2 Å². The third kappa shape index (κ3) is 4.35. The van der Waals surface area contributed by atoms with Gasteiger partial charge < -0.3 is 14.2 Å². The van der Waals surface area contributed by atoms with E-state index in [1.54, 1.807) is 7.11 Å². The Hall–Kier alpha value is -1.55. The van der Waals surface area contributed by atoms with Crippen molar-refractivity contribution in [3.05, 3.63) is 29.8 Å². The van der Waals surface area contributed by atoms with Gasteiger partial charge in [-0.05, 0) is 48.8 Å². The molecule has 1 aromatic rings. The third-order valence-electron chi connectivity index (χ3n) is 5.86. The number of benzene rings is 1. The van der Waals surface area contributed by atoms with Crippen LogP contribution in [0.2, 0.25) is 0 Å². The van der Waals surface area contributed by atoms with Gasteiger partial charge >= 0.3 is 5.97 Å². The second kappa shape index (κ2) is 7.77. The van der Waals surface area contributed by atoms with E-state index in [9.17, 15) is 4.79 Å². The Bertz CT molecular complexity index is 572. The number of methoxy groups -OCH3 is 1. The Balaban J connectivity index is 1.44. The van der Waals surface area contributed by atoms with Crippen molar-refractivity contribution in [2.24, 2.45) is 17.3 Å². The number of carbonyl (C=O) groups is 1. The predicted octanol–water partition coefficient (Wildman–Crippen LogP) is 4.36. The number of carbonyl (C=O) groups excluding carboxylic acids is 1. The van der Waals surface area contributed by atoms with Crippen molar-refractivity contribution in [3.8, 4) is 5.75 Å². The lowest BCUT2D eigenvalue weighted by Crippen LogP contribution is -2.23. The molecule has 2 aliphatic carbocycles. The van der Waals surface area contributed by atoms with E-state index in [1.165, 1.54) is 19.3 Å². The van der Waals surface area contributed by atoms with Gasteiger partial charge in [-0.3, -0.25) is 4.79 Å². The summed E-state index contributed by atoms with van der Waals surface area (Å²) in [6.07, 6.45) is 5.82. The van der Waals surface area contributed by atoms with Gasteiger partial charge in [0.25, 0.3) is 0 Å². The summed E-state index contributed by atoms with van der Waals surface area (Å²) in [7, 11) is 1.66. The first kappa shape index (κ1) is 18.2. The number of ether oxygens (including phenoxy) is 3. The number of rotatable bonds is 7. The number of esters is 1. The molecule has 1 aromatic carbocycles. The average Bonchev–Trinajstić information content (AvgIpc) is 3.17. The molecule has 2 saturated carbocycles. The van der Waals surface area contributed by atoms with E-state index < -0.39 is 0 Å². The highest BCUT2D eigenvalue weighted by molar-refractivity contribution is 5.77. The van der Waals surface area contributed by atoms with Gasteiger partial charge in [-0.15, -0.1) is 0 Å². The summed E-state index contributed by atoms with van der Waals surface area (Å²) >= 11 is 0. The van der Waals surface area contributed by atoms with Crippen molar-refractivity contribution >= 4 is 5.97 Å². The number of hydrogen-bond acceptors (Lipinski definition) is 4. The Morgan fingerprint density at radius 3 is 2.44 bits per heavy atom. The Labute approximate surface area is 150 Å². The second-order valence-electron chi connectivity index (χ2n) is 7.97. The fourth-order valence-corrected chi connectivity index (χ4v) is 3.97. The van der Waals surface area contributed by atoms with Gasteiger partial charge in [-0.1, -0.05) is 32.4 Å². The first-order valence-electron chi connectivity index (χ1n) is 9.43. The van der Waals surface area contributed by atoms with E-state index in [1.807, 2.05) is 24.3 Å². The minimum Gasteiger partial charge on any atom is -0.497 e. The van der Waals surface area contributed by atoms with Crippen LogP contribution in [0.5, 0.6) is 5.75 Å². The van der Waals surface area contributed by atoms with Gasteiger partial charge in [0, 0.05) is 5.92 Å². The fourth-order valence-electron chi connectivity index (χ4n) is 3.97. The van der Waals surface area contributed by atoms with Crippen molar-refractivity contribution in [1.82, 2.24) is 0 Å². The molecule has 0 bridgehead atoms. The summed E-state index contributed by atoms with van der Waals surface area (Å²) in [5.74, 6) is 1.06. The monoisotopic (exact) mass is 346 g/mol. The average molecular weight is 346 g/mol. The van der Waals surface area contributed by atoms with Crippen LogP contribution in [0.4, 0.5) is 0 Å². The molecule has 3 rings (SSSR count). The molecule has 25 heavy (non-hydrogen) atoms. The Morgan fingerprint density at radius 1 is 1.12 bits per heavy atom. The minimum absolute atomic E-state index is 0.0186. The molecular formula is C21H30O4. The SMILES string of the molecule is COc1ccc(COCC2C(C(=O)OC3CCCCC3)C2(C)C)cc1.